The van der Waals surface area contributed by atoms with E-state index >= 15 is 0 Å². The van der Waals surface area contributed by atoms with Gasteiger partial charge in [0.2, 0.25) is 0 Å². The van der Waals surface area contributed by atoms with Gasteiger partial charge in [0.25, 0.3) is 0 Å². The van der Waals surface area contributed by atoms with E-state index in [2.05, 4.69) is 25.9 Å². The minimum atomic E-state index is -0.499. The Balaban J connectivity index is 0.00000392. The Bertz CT molecular complexity index is 759. The van der Waals surface area contributed by atoms with E-state index in [1.165, 1.54) is 0 Å². The summed E-state index contributed by atoms with van der Waals surface area (Å²) in [6, 6.07) is 10.1. The zero-order valence-corrected chi connectivity index (χ0v) is 19.8. The summed E-state index contributed by atoms with van der Waals surface area (Å²) in [6.07, 6.45) is -0.427. The molecule has 0 saturated heterocycles. The molecule has 2 rings (SSSR count). The molecule has 28 heavy (non-hydrogen) atoms. The van der Waals surface area contributed by atoms with Crippen molar-refractivity contribution >= 4 is 47.4 Å². The van der Waals surface area contributed by atoms with Crippen LogP contribution in [0.3, 0.4) is 0 Å². The SMILES string of the molecule is CN=C(NCCNC(=O)OC(C)(C)C)NCc1nc(-c2ccccc2)cs1.I. The molecule has 7 nitrogen and oxygen atoms in total. The maximum Gasteiger partial charge on any atom is 0.407 e. The number of aliphatic imine (C=N–C) groups is 1. The fraction of sp³-hybridized carbons (Fsp3) is 0.421. The van der Waals surface area contributed by atoms with Crippen molar-refractivity contribution in [3.8, 4) is 11.3 Å². The monoisotopic (exact) mass is 517 g/mol. The molecule has 2 aromatic rings. The first-order chi connectivity index (χ1) is 12.9. The van der Waals surface area contributed by atoms with Crippen molar-refractivity contribution in [3.05, 3.63) is 40.7 Å². The second-order valence-electron chi connectivity index (χ2n) is 6.77. The molecule has 0 atom stereocenters. The number of carbonyl (C=O) groups is 1. The highest BCUT2D eigenvalue weighted by molar-refractivity contribution is 14.0. The highest BCUT2D eigenvalue weighted by Gasteiger charge is 2.15. The van der Waals surface area contributed by atoms with Crippen LogP contribution in [-0.4, -0.2) is 42.8 Å². The molecule has 1 amide bonds. The topological polar surface area (TPSA) is 87.6 Å². The smallest absolute Gasteiger partial charge is 0.407 e. The van der Waals surface area contributed by atoms with Crippen molar-refractivity contribution < 1.29 is 9.53 Å². The molecular formula is C19H28IN5O2S. The number of ether oxygens (including phenoxy) is 1. The van der Waals surface area contributed by atoms with E-state index in [0.29, 0.717) is 25.6 Å². The van der Waals surface area contributed by atoms with Crippen LogP contribution >= 0.6 is 35.3 Å². The largest absolute Gasteiger partial charge is 0.444 e. The minimum Gasteiger partial charge on any atom is -0.444 e. The summed E-state index contributed by atoms with van der Waals surface area (Å²) in [5.41, 5.74) is 1.58. The number of alkyl carbamates (subject to hydrolysis) is 1. The number of benzene rings is 1. The number of thiazole rings is 1. The number of rotatable bonds is 6. The van der Waals surface area contributed by atoms with E-state index in [1.54, 1.807) is 18.4 Å². The van der Waals surface area contributed by atoms with Crippen LogP contribution in [-0.2, 0) is 11.3 Å². The molecule has 1 aromatic carbocycles. The first-order valence-corrected chi connectivity index (χ1v) is 9.66. The van der Waals surface area contributed by atoms with Crippen molar-refractivity contribution in [2.24, 2.45) is 4.99 Å². The number of carbonyl (C=O) groups excluding carboxylic acids is 1. The van der Waals surface area contributed by atoms with E-state index < -0.39 is 11.7 Å². The van der Waals surface area contributed by atoms with E-state index in [4.69, 9.17) is 4.74 Å². The lowest BCUT2D eigenvalue weighted by Crippen LogP contribution is -2.42. The minimum absolute atomic E-state index is 0. The Hall–Kier alpha value is -1.88. The maximum atomic E-state index is 11.6. The molecule has 0 aliphatic carbocycles. The van der Waals surface area contributed by atoms with Gasteiger partial charge in [-0.25, -0.2) is 9.78 Å². The highest BCUT2D eigenvalue weighted by atomic mass is 127. The quantitative estimate of drug-likeness (QED) is 0.236. The number of halogens is 1. The number of aromatic nitrogens is 1. The molecule has 0 aliphatic heterocycles. The van der Waals surface area contributed by atoms with Crippen molar-refractivity contribution in [1.29, 1.82) is 0 Å². The number of nitrogens with one attached hydrogen (secondary N) is 3. The lowest BCUT2D eigenvalue weighted by Gasteiger charge is -2.19. The average Bonchev–Trinajstić information content (AvgIpc) is 3.09. The molecule has 0 aliphatic rings. The van der Waals surface area contributed by atoms with Crippen LogP contribution in [0.5, 0.6) is 0 Å². The van der Waals surface area contributed by atoms with Crippen molar-refractivity contribution in [2.45, 2.75) is 32.9 Å². The molecule has 154 valence electrons. The molecule has 3 N–H and O–H groups in total. The molecule has 0 spiro atoms. The second-order valence-corrected chi connectivity index (χ2v) is 7.72. The molecule has 0 fully saturated rings. The maximum absolute atomic E-state index is 11.6. The van der Waals surface area contributed by atoms with Crippen LogP contribution in [0, 0.1) is 0 Å². The zero-order valence-electron chi connectivity index (χ0n) is 16.6. The number of guanidine groups is 1. The van der Waals surface area contributed by atoms with Gasteiger partial charge >= 0.3 is 6.09 Å². The van der Waals surface area contributed by atoms with E-state index in [-0.39, 0.29) is 24.0 Å². The Labute approximate surface area is 187 Å². The van der Waals surface area contributed by atoms with Gasteiger partial charge in [-0.3, -0.25) is 4.99 Å². The van der Waals surface area contributed by atoms with Crippen LogP contribution in [0.25, 0.3) is 11.3 Å². The molecule has 9 heteroatoms. The lowest BCUT2D eigenvalue weighted by atomic mass is 10.2. The normalized spacial score (nSPS) is 11.4. The summed E-state index contributed by atoms with van der Waals surface area (Å²) in [5, 5.41) is 12.1. The third-order valence-corrected chi connectivity index (χ3v) is 4.19. The first-order valence-electron chi connectivity index (χ1n) is 8.78. The van der Waals surface area contributed by atoms with Crippen molar-refractivity contribution in [2.75, 3.05) is 20.1 Å². The van der Waals surface area contributed by atoms with E-state index in [1.807, 2.05) is 56.5 Å². The number of hydrogen-bond donors (Lipinski definition) is 3. The average molecular weight is 517 g/mol. The molecule has 0 unspecified atom stereocenters. The Kier molecular flexibility index (Phi) is 10.2. The van der Waals surface area contributed by atoms with Gasteiger partial charge in [0.05, 0.1) is 12.2 Å². The Morgan fingerprint density at radius 2 is 1.82 bits per heavy atom. The van der Waals surface area contributed by atoms with Crippen LogP contribution in [0.2, 0.25) is 0 Å². The molecular weight excluding hydrogens is 489 g/mol. The van der Waals surface area contributed by atoms with Gasteiger partial charge in [-0.05, 0) is 20.8 Å². The van der Waals surface area contributed by atoms with Crippen LogP contribution in [0.15, 0.2) is 40.7 Å². The molecule has 1 heterocycles. The molecule has 0 saturated carbocycles. The number of nitrogens with zero attached hydrogens (tertiary/aromatic N) is 2. The van der Waals surface area contributed by atoms with Gasteiger partial charge in [0.15, 0.2) is 5.96 Å². The molecule has 0 bridgehead atoms. The summed E-state index contributed by atoms with van der Waals surface area (Å²) in [6.45, 7) is 7.04. The van der Waals surface area contributed by atoms with Gasteiger partial charge in [-0.15, -0.1) is 35.3 Å². The molecule has 1 aromatic heterocycles. The summed E-state index contributed by atoms with van der Waals surface area (Å²) >= 11 is 1.60. The molecule has 0 radical (unpaired) electrons. The van der Waals surface area contributed by atoms with Crippen molar-refractivity contribution in [1.82, 2.24) is 20.9 Å². The van der Waals surface area contributed by atoms with E-state index in [9.17, 15) is 4.79 Å². The fourth-order valence-electron chi connectivity index (χ4n) is 2.17. The van der Waals surface area contributed by atoms with Gasteiger partial charge in [0.1, 0.15) is 10.6 Å². The number of hydrogen-bond acceptors (Lipinski definition) is 5. The summed E-state index contributed by atoms with van der Waals surface area (Å²) in [7, 11) is 1.70. The van der Waals surface area contributed by atoms with Gasteiger partial charge in [0, 0.05) is 31.1 Å². The summed E-state index contributed by atoms with van der Waals surface area (Å²) < 4.78 is 5.18. The second kappa shape index (κ2) is 11.8. The third-order valence-electron chi connectivity index (χ3n) is 3.34. The fourth-order valence-corrected chi connectivity index (χ4v) is 2.92. The van der Waals surface area contributed by atoms with Crippen LogP contribution < -0.4 is 16.0 Å². The van der Waals surface area contributed by atoms with Gasteiger partial charge in [-0.2, -0.15) is 0 Å². The van der Waals surface area contributed by atoms with Crippen molar-refractivity contribution in [3.63, 3.8) is 0 Å². The number of amides is 1. The standard InChI is InChI=1S/C19H27N5O2S.HI/c1-19(2,3)26-18(25)22-11-10-21-17(20-4)23-12-16-24-15(13-27-16)14-8-6-5-7-9-14;/h5-9,13H,10-12H2,1-4H3,(H,22,25)(H2,20,21,23);1H. The predicted octanol–water partition coefficient (Wildman–Crippen LogP) is 3.62. The lowest BCUT2D eigenvalue weighted by molar-refractivity contribution is 0.0529. The first kappa shape index (κ1) is 24.2. The summed E-state index contributed by atoms with van der Waals surface area (Å²) in [5.74, 6) is 0.650. The summed E-state index contributed by atoms with van der Waals surface area (Å²) in [4.78, 5) is 20.4. The highest BCUT2D eigenvalue weighted by Crippen LogP contribution is 2.21. The zero-order chi connectivity index (χ0) is 19.7. The predicted molar refractivity (Wildman–Crippen MR) is 125 cm³/mol. The van der Waals surface area contributed by atoms with Crippen LogP contribution in [0.4, 0.5) is 4.79 Å². The Morgan fingerprint density at radius 1 is 1.14 bits per heavy atom. The van der Waals surface area contributed by atoms with E-state index in [0.717, 1.165) is 16.3 Å². The third kappa shape index (κ3) is 8.87. The van der Waals surface area contributed by atoms with Gasteiger partial charge in [-0.1, -0.05) is 30.3 Å². The van der Waals surface area contributed by atoms with Crippen LogP contribution in [0.1, 0.15) is 25.8 Å². The van der Waals surface area contributed by atoms with Gasteiger partial charge < -0.3 is 20.7 Å². The Morgan fingerprint density at radius 3 is 2.46 bits per heavy atom.